The summed E-state index contributed by atoms with van der Waals surface area (Å²) >= 11 is 1.41. The number of rotatable bonds is 7. The molecule has 0 saturated heterocycles. The van der Waals surface area contributed by atoms with E-state index in [1.54, 1.807) is 6.92 Å². The second kappa shape index (κ2) is 7.28. The predicted molar refractivity (Wildman–Crippen MR) is 73.5 cm³/mol. The standard InChI is InChI=1S/C13H19F3N2OS/c1-12(19,9-17)6-2-3-7-20-11-5-4-10(8-18-11)13(14,15)16/h4-5,8,19H,2-3,6-7,9,17H2,1H3. The quantitative estimate of drug-likeness (QED) is 0.600. The molecule has 0 aromatic carbocycles. The van der Waals surface area contributed by atoms with Crippen LogP contribution in [0.2, 0.25) is 0 Å². The third kappa shape index (κ3) is 6.11. The Morgan fingerprint density at radius 3 is 2.50 bits per heavy atom. The number of nitrogens with zero attached hydrogens (tertiary/aromatic N) is 1. The number of aliphatic hydroxyl groups is 1. The van der Waals surface area contributed by atoms with E-state index in [2.05, 4.69) is 4.98 Å². The Kier molecular flexibility index (Phi) is 6.29. The molecule has 0 spiro atoms. The van der Waals surface area contributed by atoms with Gasteiger partial charge in [0.25, 0.3) is 0 Å². The molecule has 1 aromatic rings. The SMILES string of the molecule is CC(O)(CN)CCCCSc1ccc(C(F)(F)F)cn1. The first-order chi connectivity index (χ1) is 9.24. The third-order valence-electron chi connectivity index (χ3n) is 2.86. The molecule has 1 unspecified atom stereocenters. The Labute approximate surface area is 120 Å². The monoisotopic (exact) mass is 308 g/mol. The number of thioether (sulfide) groups is 1. The van der Waals surface area contributed by atoms with Crippen LogP contribution in [-0.2, 0) is 6.18 Å². The summed E-state index contributed by atoms with van der Waals surface area (Å²) in [6.45, 7) is 1.91. The van der Waals surface area contributed by atoms with Crippen LogP contribution in [-0.4, -0.2) is 28.0 Å². The van der Waals surface area contributed by atoms with Crippen LogP contribution in [0, 0.1) is 0 Å². The minimum absolute atomic E-state index is 0.223. The van der Waals surface area contributed by atoms with Crippen molar-refractivity contribution in [1.29, 1.82) is 0 Å². The van der Waals surface area contributed by atoms with Crippen molar-refractivity contribution < 1.29 is 18.3 Å². The molecule has 0 bridgehead atoms. The highest BCUT2D eigenvalue weighted by molar-refractivity contribution is 7.99. The summed E-state index contributed by atoms with van der Waals surface area (Å²) in [5.74, 6) is 0.749. The van der Waals surface area contributed by atoms with Crippen LogP contribution in [0.3, 0.4) is 0 Å². The van der Waals surface area contributed by atoms with E-state index in [0.29, 0.717) is 11.4 Å². The molecule has 7 heteroatoms. The molecule has 0 aliphatic carbocycles. The van der Waals surface area contributed by atoms with Crippen LogP contribution < -0.4 is 5.73 Å². The minimum atomic E-state index is -4.34. The Hall–Kier alpha value is -0.790. The van der Waals surface area contributed by atoms with E-state index in [1.165, 1.54) is 17.8 Å². The van der Waals surface area contributed by atoms with E-state index in [-0.39, 0.29) is 6.54 Å². The molecule has 0 saturated carbocycles. The molecule has 0 radical (unpaired) electrons. The summed E-state index contributed by atoms with van der Waals surface area (Å²) in [6.07, 6.45) is -1.21. The molecule has 3 nitrogen and oxygen atoms in total. The highest BCUT2D eigenvalue weighted by atomic mass is 32.2. The van der Waals surface area contributed by atoms with Gasteiger partial charge in [-0.1, -0.05) is 0 Å². The lowest BCUT2D eigenvalue weighted by Gasteiger charge is -2.20. The van der Waals surface area contributed by atoms with Crippen molar-refractivity contribution >= 4 is 11.8 Å². The van der Waals surface area contributed by atoms with E-state index < -0.39 is 17.3 Å². The van der Waals surface area contributed by atoms with E-state index in [9.17, 15) is 18.3 Å². The van der Waals surface area contributed by atoms with Crippen molar-refractivity contribution in [2.75, 3.05) is 12.3 Å². The zero-order chi connectivity index (χ0) is 15.2. The van der Waals surface area contributed by atoms with Gasteiger partial charge in [-0.15, -0.1) is 11.8 Å². The van der Waals surface area contributed by atoms with Gasteiger partial charge >= 0.3 is 6.18 Å². The first-order valence-corrected chi connectivity index (χ1v) is 7.32. The van der Waals surface area contributed by atoms with Crippen LogP contribution >= 0.6 is 11.8 Å². The van der Waals surface area contributed by atoms with E-state index in [0.717, 1.165) is 30.9 Å². The van der Waals surface area contributed by atoms with Gasteiger partial charge in [0, 0.05) is 12.7 Å². The third-order valence-corrected chi connectivity index (χ3v) is 3.89. The predicted octanol–water partition coefficient (Wildman–Crippen LogP) is 3.07. The maximum Gasteiger partial charge on any atom is 0.417 e. The maximum absolute atomic E-state index is 12.3. The summed E-state index contributed by atoms with van der Waals surface area (Å²) in [6, 6.07) is 2.41. The highest BCUT2D eigenvalue weighted by Crippen LogP contribution is 2.29. The molecule has 20 heavy (non-hydrogen) atoms. The maximum atomic E-state index is 12.3. The van der Waals surface area contributed by atoms with Gasteiger partial charge in [-0.25, -0.2) is 4.98 Å². The molecule has 1 rings (SSSR count). The lowest BCUT2D eigenvalue weighted by molar-refractivity contribution is -0.137. The van der Waals surface area contributed by atoms with Crippen LogP contribution in [0.5, 0.6) is 0 Å². The number of nitrogens with two attached hydrogens (primary N) is 1. The molecule has 1 atom stereocenters. The van der Waals surface area contributed by atoms with Gasteiger partial charge in [-0.05, 0) is 44.1 Å². The number of halogens is 3. The zero-order valence-electron chi connectivity index (χ0n) is 11.3. The van der Waals surface area contributed by atoms with Crippen molar-refractivity contribution in [2.24, 2.45) is 5.73 Å². The number of pyridine rings is 1. The summed E-state index contributed by atoms with van der Waals surface area (Å²) in [5.41, 5.74) is 3.83. The Morgan fingerprint density at radius 2 is 2.00 bits per heavy atom. The number of alkyl halides is 3. The summed E-state index contributed by atoms with van der Waals surface area (Å²) in [4.78, 5) is 3.78. The van der Waals surface area contributed by atoms with Gasteiger partial charge in [0.2, 0.25) is 0 Å². The molecule has 0 fully saturated rings. The van der Waals surface area contributed by atoms with Gasteiger partial charge in [-0.3, -0.25) is 0 Å². The van der Waals surface area contributed by atoms with Gasteiger partial charge in [-0.2, -0.15) is 13.2 Å². The van der Waals surface area contributed by atoms with Gasteiger partial charge in [0.1, 0.15) is 0 Å². The second-order valence-electron chi connectivity index (χ2n) is 4.89. The van der Waals surface area contributed by atoms with Gasteiger partial charge in [0.05, 0.1) is 16.2 Å². The fourth-order valence-electron chi connectivity index (χ4n) is 1.52. The molecule has 3 N–H and O–H groups in total. The lowest BCUT2D eigenvalue weighted by Crippen LogP contribution is -2.33. The van der Waals surface area contributed by atoms with Crippen LogP contribution in [0.15, 0.2) is 23.4 Å². The van der Waals surface area contributed by atoms with E-state index in [4.69, 9.17) is 5.73 Å². The van der Waals surface area contributed by atoms with Crippen molar-refractivity contribution in [3.63, 3.8) is 0 Å². The van der Waals surface area contributed by atoms with Crippen LogP contribution in [0.4, 0.5) is 13.2 Å². The fourth-order valence-corrected chi connectivity index (χ4v) is 2.37. The molecule has 0 aliphatic heterocycles. The number of aromatic nitrogens is 1. The van der Waals surface area contributed by atoms with Crippen molar-refractivity contribution in [3.8, 4) is 0 Å². The molecule has 114 valence electrons. The van der Waals surface area contributed by atoms with Gasteiger partial charge in [0.15, 0.2) is 0 Å². The van der Waals surface area contributed by atoms with E-state index in [1.807, 2.05) is 0 Å². The molecular formula is C13H19F3N2OS. The van der Waals surface area contributed by atoms with Crippen molar-refractivity contribution in [3.05, 3.63) is 23.9 Å². The fraction of sp³-hybridized carbons (Fsp3) is 0.615. The van der Waals surface area contributed by atoms with Crippen LogP contribution in [0.25, 0.3) is 0 Å². The largest absolute Gasteiger partial charge is 0.417 e. The van der Waals surface area contributed by atoms with Crippen molar-refractivity contribution in [2.45, 2.75) is 43.0 Å². The molecular weight excluding hydrogens is 289 g/mol. The first kappa shape index (κ1) is 17.3. The minimum Gasteiger partial charge on any atom is -0.389 e. The highest BCUT2D eigenvalue weighted by Gasteiger charge is 2.30. The van der Waals surface area contributed by atoms with Gasteiger partial charge < -0.3 is 10.8 Å². The molecule has 0 amide bonds. The molecule has 0 aliphatic rings. The molecule has 1 aromatic heterocycles. The average molecular weight is 308 g/mol. The number of hydrogen-bond acceptors (Lipinski definition) is 4. The summed E-state index contributed by atoms with van der Waals surface area (Å²) in [5, 5.41) is 10.3. The smallest absolute Gasteiger partial charge is 0.389 e. The number of unbranched alkanes of at least 4 members (excludes halogenated alkanes) is 1. The second-order valence-corrected chi connectivity index (χ2v) is 6.00. The molecule has 1 heterocycles. The lowest BCUT2D eigenvalue weighted by atomic mass is 10.00. The Morgan fingerprint density at radius 1 is 1.30 bits per heavy atom. The average Bonchev–Trinajstić information content (AvgIpc) is 2.38. The Balaban J connectivity index is 2.29. The summed E-state index contributed by atoms with van der Waals surface area (Å²) < 4.78 is 37.0. The van der Waals surface area contributed by atoms with Crippen molar-refractivity contribution in [1.82, 2.24) is 4.98 Å². The normalized spacial score (nSPS) is 15.1. The van der Waals surface area contributed by atoms with Crippen LogP contribution in [0.1, 0.15) is 31.7 Å². The zero-order valence-corrected chi connectivity index (χ0v) is 12.1. The summed E-state index contributed by atoms with van der Waals surface area (Å²) in [7, 11) is 0. The number of hydrogen-bond donors (Lipinski definition) is 2. The Bertz CT molecular complexity index is 407. The first-order valence-electron chi connectivity index (χ1n) is 6.33. The van der Waals surface area contributed by atoms with E-state index >= 15 is 0 Å². The topological polar surface area (TPSA) is 59.1 Å².